The van der Waals surface area contributed by atoms with Gasteiger partial charge in [-0.3, -0.25) is 15.2 Å². The molecule has 2 bridgehead atoms. The van der Waals surface area contributed by atoms with Crippen LogP contribution in [0.4, 0.5) is 22.1 Å². The van der Waals surface area contributed by atoms with Crippen molar-refractivity contribution in [1.82, 2.24) is 20.2 Å². The van der Waals surface area contributed by atoms with Gasteiger partial charge in [-0.15, -0.1) is 5.10 Å². The van der Waals surface area contributed by atoms with E-state index >= 15 is 0 Å². The van der Waals surface area contributed by atoms with Gasteiger partial charge in [-0.2, -0.15) is 5.10 Å². The van der Waals surface area contributed by atoms with Crippen LogP contribution in [0.5, 0.6) is 0 Å². The van der Waals surface area contributed by atoms with Crippen LogP contribution in [-0.2, 0) is 0 Å². The number of amides is 2. The number of nitrogens with one attached hydrogen (secondary N) is 1. The molecule has 0 unspecified atom stereocenters. The standard InChI is InChI=1S/C20H19N7O/c1-13-11-14(6-9-21-13)16-4-5-17-19(23-16)27(15-7-10-26(17)12-15)20(28)24-18-3-2-8-22-25-18/h2-6,8-9,11,15H,7,10,12H2,1H3,(H,24,25,28)/t15-/m0/s1. The number of aryl methyl sites for hydroxylation is 1. The molecule has 3 aromatic rings. The Kier molecular flexibility index (Phi) is 3.89. The summed E-state index contributed by atoms with van der Waals surface area (Å²) in [6, 6.07) is 11.3. The summed E-state index contributed by atoms with van der Waals surface area (Å²) < 4.78 is 0. The summed E-state index contributed by atoms with van der Waals surface area (Å²) in [4.78, 5) is 26.3. The van der Waals surface area contributed by atoms with E-state index in [0.717, 1.165) is 42.1 Å². The molecular weight excluding hydrogens is 354 g/mol. The highest BCUT2D eigenvalue weighted by Gasteiger charge is 2.40. The zero-order valence-electron chi connectivity index (χ0n) is 15.4. The van der Waals surface area contributed by atoms with E-state index in [1.165, 1.54) is 0 Å². The molecule has 5 heterocycles. The Bertz CT molecular complexity index is 1040. The SMILES string of the molecule is Cc1cc(-c2ccc3c(n2)N(C(=O)Nc2cccnn2)[C@H]2CCN3C2)ccn1. The number of carbonyl (C=O) groups is 1. The maximum atomic E-state index is 13.1. The first-order valence-corrected chi connectivity index (χ1v) is 9.26. The number of hydrogen-bond acceptors (Lipinski definition) is 6. The zero-order valence-corrected chi connectivity index (χ0v) is 15.4. The number of nitrogens with zero attached hydrogens (tertiary/aromatic N) is 6. The molecule has 2 aliphatic rings. The van der Waals surface area contributed by atoms with Gasteiger partial charge in [0, 0.05) is 36.7 Å². The fourth-order valence-electron chi connectivity index (χ4n) is 3.88. The molecule has 5 rings (SSSR count). The van der Waals surface area contributed by atoms with Crippen LogP contribution in [0.3, 0.4) is 0 Å². The van der Waals surface area contributed by atoms with E-state index in [2.05, 4.69) is 31.5 Å². The minimum atomic E-state index is -0.233. The van der Waals surface area contributed by atoms with Gasteiger partial charge in [0.15, 0.2) is 11.6 Å². The van der Waals surface area contributed by atoms with Gasteiger partial charge < -0.3 is 4.90 Å². The third kappa shape index (κ3) is 2.83. The number of urea groups is 1. The molecule has 28 heavy (non-hydrogen) atoms. The lowest BCUT2D eigenvalue weighted by Crippen LogP contribution is -2.48. The van der Waals surface area contributed by atoms with E-state index in [4.69, 9.17) is 4.98 Å². The van der Waals surface area contributed by atoms with Crippen molar-refractivity contribution in [2.75, 3.05) is 28.2 Å². The van der Waals surface area contributed by atoms with Gasteiger partial charge in [0.2, 0.25) is 0 Å². The number of aromatic nitrogens is 4. The van der Waals surface area contributed by atoms with Gasteiger partial charge in [0.25, 0.3) is 0 Å². The van der Waals surface area contributed by atoms with Gasteiger partial charge in [-0.05, 0) is 49.7 Å². The third-order valence-corrected chi connectivity index (χ3v) is 5.17. The van der Waals surface area contributed by atoms with Crippen LogP contribution in [0.15, 0.2) is 48.8 Å². The molecule has 1 N–H and O–H groups in total. The molecule has 8 heteroatoms. The van der Waals surface area contributed by atoms with Crippen molar-refractivity contribution >= 4 is 23.4 Å². The Labute approximate surface area is 162 Å². The lowest BCUT2D eigenvalue weighted by molar-refractivity contribution is 0.254. The summed E-state index contributed by atoms with van der Waals surface area (Å²) in [5.74, 6) is 1.11. The Morgan fingerprint density at radius 3 is 2.96 bits per heavy atom. The summed E-state index contributed by atoms with van der Waals surface area (Å²) >= 11 is 0. The maximum absolute atomic E-state index is 13.1. The van der Waals surface area contributed by atoms with Crippen LogP contribution in [0.2, 0.25) is 0 Å². The molecular formula is C20H19N7O. The van der Waals surface area contributed by atoms with Crippen LogP contribution in [0.1, 0.15) is 12.1 Å². The highest BCUT2D eigenvalue weighted by Crippen LogP contribution is 2.40. The second-order valence-corrected chi connectivity index (χ2v) is 7.02. The van der Waals surface area contributed by atoms with E-state index in [-0.39, 0.29) is 12.1 Å². The summed E-state index contributed by atoms with van der Waals surface area (Å²) in [6.07, 6.45) is 4.26. The zero-order chi connectivity index (χ0) is 19.1. The Hall–Kier alpha value is -3.55. The predicted molar refractivity (Wildman–Crippen MR) is 106 cm³/mol. The van der Waals surface area contributed by atoms with E-state index in [1.54, 1.807) is 29.4 Å². The topological polar surface area (TPSA) is 87.1 Å². The highest BCUT2D eigenvalue weighted by atomic mass is 16.2. The number of anilines is 3. The number of fused-ring (bicyclic) bond motifs is 4. The molecule has 2 aliphatic heterocycles. The number of pyridine rings is 2. The largest absolute Gasteiger partial charge is 0.366 e. The third-order valence-electron chi connectivity index (χ3n) is 5.17. The molecule has 0 aromatic carbocycles. The second kappa shape index (κ2) is 6.56. The van der Waals surface area contributed by atoms with E-state index < -0.39 is 0 Å². The minimum absolute atomic E-state index is 0.0890. The molecule has 1 atom stereocenters. The normalized spacial score (nSPS) is 17.4. The van der Waals surface area contributed by atoms with Crippen molar-refractivity contribution in [1.29, 1.82) is 0 Å². The minimum Gasteiger partial charge on any atom is -0.366 e. The quantitative estimate of drug-likeness (QED) is 0.743. The Morgan fingerprint density at radius 1 is 1.21 bits per heavy atom. The number of carbonyl (C=O) groups excluding carboxylic acids is 1. The predicted octanol–water partition coefficient (Wildman–Crippen LogP) is 2.87. The molecule has 0 saturated carbocycles. The highest BCUT2D eigenvalue weighted by molar-refractivity contribution is 6.04. The summed E-state index contributed by atoms with van der Waals surface area (Å²) in [6.45, 7) is 3.69. The molecule has 8 nitrogen and oxygen atoms in total. The smallest absolute Gasteiger partial charge is 0.329 e. The van der Waals surface area contributed by atoms with Crippen LogP contribution >= 0.6 is 0 Å². The molecule has 3 aromatic heterocycles. The Morgan fingerprint density at radius 2 is 2.14 bits per heavy atom. The van der Waals surface area contributed by atoms with Crippen LogP contribution in [-0.4, -0.2) is 45.3 Å². The average Bonchev–Trinajstić information content (AvgIpc) is 3.13. The molecule has 140 valence electrons. The summed E-state index contributed by atoms with van der Waals surface area (Å²) in [5.41, 5.74) is 3.72. The van der Waals surface area contributed by atoms with Crippen molar-refractivity contribution in [3.63, 3.8) is 0 Å². The van der Waals surface area contributed by atoms with E-state index in [0.29, 0.717) is 11.6 Å². The fourth-order valence-corrected chi connectivity index (χ4v) is 3.88. The van der Waals surface area contributed by atoms with Gasteiger partial charge in [0.1, 0.15) is 0 Å². The average molecular weight is 373 g/mol. The van der Waals surface area contributed by atoms with Gasteiger partial charge in [-0.1, -0.05) is 0 Å². The van der Waals surface area contributed by atoms with E-state index in [1.807, 2.05) is 25.1 Å². The lowest BCUT2D eigenvalue weighted by Gasteiger charge is -2.35. The van der Waals surface area contributed by atoms with Crippen LogP contribution in [0.25, 0.3) is 11.3 Å². The van der Waals surface area contributed by atoms with Crippen molar-refractivity contribution in [3.05, 3.63) is 54.5 Å². The summed E-state index contributed by atoms with van der Waals surface area (Å²) in [7, 11) is 0. The van der Waals surface area contributed by atoms with Gasteiger partial charge in [0.05, 0.1) is 17.4 Å². The summed E-state index contributed by atoms with van der Waals surface area (Å²) in [5, 5.41) is 10.6. The van der Waals surface area contributed by atoms with Gasteiger partial charge >= 0.3 is 6.03 Å². The van der Waals surface area contributed by atoms with Crippen LogP contribution < -0.4 is 15.1 Å². The van der Waals surface area contributed by atoms with E-state index in [9.17, 15) is 4.79 Å². The van der Waals surface area contributed by atoms with Crippen molar-refractivity contribution in [2.45, 2.75) is 19.4 Å². The lowest BCUT2D eigenvalue weighted by atomic mass is 10.1. The number of hydrogen-bond donors (Lipinski definition) is 1. The van der Waals surface area contributed by atoms with Crippen molar-refractivity contribution < 1.29 is 4.79 Å². The molecule has 1 fully saturated rings. The molecule has 0 aliphatic carbocycles. The first kappa shape index (κ1) is 16.6. The molecule has 0 radical (unpaired) electrons. The van der Waals surface area contributed by atoms with Crippen molar-refractivity contribution in [3.8, 4) is 11.3 Å². The first-order valence-electron chi connectivity index (χ1n) is 9.26. The van der Waals surface area contributed by atoms with Crippen LogP contribution in [0, 0.1) is 6.92 Å². The monoisotopic (exact) mass is 373 g/mol. The number of rotatable bonds is 2. The van der Waals surface area contributed by atoms with Crippen molar-refractivity contribution in [2.24, 2.45) is 0 Å². The Balaban J connectivity index is 1.54. The van der Waals surface area contributed by atoms with Gasteiger partial charge in [-0.25, -0.2) is 9.78 Å². The first-order chi connectivity index (χ1) is 13.7. The molecule has 2 amide bonds. The fraction of sp³-hybridized carbons (Fsp3) is 0.250. The molecule has 0 spiro atoms. The second-order valence-electron chi connectivity index (χ2n) is 7.02. The maximum Gasteiger partial charge on any atom is 0.329 e. The molecule has 1 saturated heterocycles.